The molecular weight excluding hydrogens is 168 g/mol. The molecule has 1 aromatic carbocycles. The number of phenolic OH excluding ortho intramolecular Hbond substituents is 2. The van der Waals surface area contributed by atoms with Crippen LogP contribution >= 0.6 is 0 Å². The summed E-state index contributed by atoms with van der Waals surface area (Å²) in [5, 5.41) is 18.6. The van der Waals surface area contributed by atoms with Gasteiger partial charge in [-0.25, -0.2) is 0 Å². The second-order valence-corrected chi connectivity index (χ2v) is 2.54. The van der Waals surface area contributed by atoms with Crippen molar-refractivity contribution in [3.63, 3.8) is 0 Å². The maximum atomic E-state index is 9.95. The number of carbonyl (C=O) groups excluding carboxylic acids is 1. The molecule has 0 saturated carbocycles. The van der Waals surface area contributed by atoms with Crippen LogP contribution in [0.3, 0.4) is 0 Å². The zero-order valence-corrected chi connectivity index (χ0v) is 6.97. The highest BCUT2D eigenvalue weighted by atomic mass is 16.3. The molecule has 2 N–H and O–H groups in total. The van der Waals surface area contributed by atoms with Crippen LogP contribution in [0.5, 0.6) is 11.5 Å². The van der Waals surface area contributed by atoms with E-state index in [2.05, 4.69) is 0 Å². The predicted octanol–water partition coefficient (Wildman–Crippen LogP) is 1.40. The molecule has 0 atom stereocenters. The van der Waals surface area contributed by atoms with Crippen LogP contribution in [-0.4, -0.2) is 16.5 Å². The molecular formula is C10H10O3. The molecule has 0 heterocycles. The first kappa shape index (κ1) is 9.32. The Hall–Kier alpha value is -1.77. The van der Waals surface area contributed by atoms with Gasteiger partial charge in [0.2, 0.25) is 0 Å². The van der Waals surface area contributed by atoms with Crippen molar-refractivity contribution < 1.29 is 15.0 Å². The molecule has 1 aromatic rings. The molecule has 0 aliphatic rings. The Morgan fingerprint density at radius 1 is 1.23 bits per heavy atom. The fourth-order valence-corrected chi connectivity index (χ4v) is 1.01. The molecule has 0 saturated heterocycles. The van der Waals surface area contributed by atoms with Gasteiger partial charge in [-0.05, 0) is 24.6 Å². The Balaban J connectivity index is 2.86. The summed E-state index contributed by atoms with van der Waals surface area (Å²) < 4.78 is 0. The summed E-state index contributed by atoms with van der Waals surface area (Å²) >= 11 is 0. The van der Waals surface area contributed by atoms with Crippen molar-refractivity contribution in [2.24, 2.45) is 0 Å². The Kier molecular flexibility index (Phi) is 3.09. The lowest BCUT2D eigenvalue weighted by atomic mass is 10.1. The lowest BCUT2D eigenvalue weighted by molar-refractivity contribution is -0.104. The van der Waals surface area contributed by atoms with Gasteiger partial charge in [-0.2, -0.15) is 0 Å². The SMILES string of the molecule is O=C/C=C/Cc1c(O)cccc1O. The topological polar surface area (TPSA) is 57.5 Å². The Labute approximate surface area is 76.0 Å². The average molecular weight is 178 g/mol. The zero-order valence-electron chi connectivity index (χ0n) is 6.97. The number of rotatable bonds is 3. The monoisotopic (exact) mass is 178 g/mol. The van der Waals surface area contributed by atoms with Gasteiger partial charge in [-0.15, -0.1) is 0 Å². The van der Waals surface area contributed by atoms with Gasteiger partial charge in [0, 0.05) is 5.56 Å². The van der Waals surface area contributed by atoms with Crippen molar-refractivity contribution in [2.45, 2.75) is 6.42 Å². The minimum Gasteiger partial charge on any atom is -0.508 e. The van der Waals surface area contributed by atoms with E-state index in [0.29, 0.717) is 18.3 Å². The molecule has 0 bridgehead atoms. The van der Waals surface area contributed by atoms with Crippen molar-refractivity contribution in [3.05, 3.63) is 35.9 Å². The third-order valence-corrected chi connectivity index (χ3v) is 1.66. The molecule has 0 aliphatic carbocycles. The smallest absolute Gasteiger partial charge is 0.142 e. The molecule has 13 heavy (non-hydrogen) atoms. The number of phenols is 2. The number of aldehydes is 1. The molecule has 68 valence electrons. The van der Waals surface area contributed by atoms with E-state index in [9.17, 15) is 15.0 Å². The molecule has 1 rings (SSSR count). The average Bonchev–Trinajstić information content (AvgIpc) is 2.10. The van der Waals surface area contributed by atoms with E-state index in [1.54, 1.807) is 12.1 Å². The summed E-state index contributed by atoms with van der Waals surface area (Å²) in [6, 6.07) is 4.53. The van der Waals surface area contributed by atoms with Crippen molar-refractivity contribution in [1.82, 2.24) is 0 Å². The molecule has 0 spiro atoms. The van der Waals surface area contributed by atoms with E-state index in [4.69, 9.17) is 0 Å². The highest BCUT2D eigenvalue weighted by Crippen LogP contribution is 2.26. The number of aromatic hydroxyl groups is 2. The van der Waals surface area contributed by atoms with Crippen LogP contribution in [0.25, 0.3) is 0 Å². The van der Waals surface area contributed by atoms with Gasteiger partial charge in [0.25, 0.3) is 0 Å². The zero-order chi connectivity index (χ0) is 9.68. The van der Waals surface area contributed by atoms with E-state index in [0.717, 1.165) is 0 Å². The van der Waals surface area contributed by atoms with E-state index < -0.39 is 0 Å². The Bertz CT molecular complexity index is 309. The highest BCUT2D eigenvalue weighted by molar-refractivity contribution is 5.64. The molecule has 0 aromatic heterocycles. The molecule has 0 aliphatic heterocycles. The van der Waals surface area contributed by atoms with Crippen LogP contribution < -0.4 is 0 Å². The third kappa shape index (κ3) is 2.33. The van der Waals surface area contributed by atoms with Gasteiger partial charge in [-0.1, -0.05) is 12.1 Å². The number of benzene rings is 1. The van der Waals surface area contributed by atoms with Crippen LogP contribution in [-0.2, 0) is 11.2 Å². The largest absolute Gasteiger partial charge is 0.508 e. The normalized spacial score (nSPS) is 10.5. The van der Waals surface area contributed by atoms with Crippen LogP contribution in [0, 0.1) is 0 Å². The van der Waals surface area contributed by atoms with E-state index in [-0.39, 0.29) is 11.5 Å². The van der Waals surface area contributed by atoms with Gasteiger partial charge in [0.15, 0.2) is 0 Å². The van der Waals surface area contributed by atoms with Crippen LogP contribution in [0.4, 0.5) is 0 Å². The highest BCUT2D eigenvalue weighted by Gasteiger charge is 2.03. The summed E-state index contributed by atoms with van der Waals surface area (Å²) in [5.74, 6) is 0.0751. The summed E-state index contributed by atoms with van der Waals surface area (Å²) in [4.78, 5) is 9.95. The summed E-state index contributed by atoms with van der Waals surface area (Å²) in [6.45, 7) is 0. The summed E-state index contributed by atoms with van der Waals surface area (Å²) in [6.07, 6.45) is 3.89. The van der Waals surface area contributed by atoms with Crippen molar-refractivity contribution in [3.8, 4) is 11.5 Å². The van der Waals surface area contributed by atoms with E-state index >= 15 is 0 Å². The second-order valence-electron chi connectivity index (χ2n) is 2.54. The van der Waals surface area contributed by atoms with E-state index in [1.165, 1.54) is 18.2 Å². The minimum atomic E-state index is 0.0375. The number of carbonyl (C=O) groups is 1. The fourth-order valence-electron chi connectivity index (χ4n) is 1.01. The maximum Gasteiger partial charge on any atom is 0.142 e. The van der Waals surface area contributed by atoms with Gasteiger partial charge < -0.3 is 10.2 Å². The predicted molar refractivity (Wildman–Crippen MR) is 48.7 cm³/mol. The van der Waals surface area contributed by atoms with Gasteiger partial charge >= 0.3 is 0 Å². The quantitative estimate of drug-likeness (QED) is 0.543. The first-order chi connectivity index (χ1) is 6.25. The first-order valence-corrected chi connectivity index (χ1v) is 3.86. The summed E-state index contributed by atoms with van der Waals surface area (Å²) in [7, 11) is 0. The lowest BCUT2D eigenvalue weighted by Crippen LogP contribution is -1.83. The Morgan fingerprint density at radius 3 is 2.38 bits per heavy atom. The van der Waals surface area contributed by atoms with Gasteiger partial charge in [0.1, 0.15) is 17.8 Å². The van der Waals surface area contributed by atoms with E-state index in [1.807, 2.05) is 0 Å². The number of hydrogen-bond acceptors (Lipinski definition) is 3. The van der Waals surface area contributed by atoms with Crippen molar-refractivity contribution in [1.29, 1.82) is 0 Å². The molecule has 3 heteroatoms. The fraction of sp³-hybridized carbons (Fsp3) is 0.100. The first-order valence-electron chi connectivity index (χ1n) is 3.86. The lowest BCUT2D eigenvalue weighted by Gasteiger charge is -2.02. The second kappa shape index (κ2) is 4.30. The van der Waals surface area contributed by atoms with Crippen molar-refractivity contribution in [2.75, 3.05) is 0 Å². The van der Waals surface area contributed by atoms with Crippen LogP contribution in [0.15, 0.2) is 30.4 Å². The van der Waals surface area contributed by atoms with Crippen molar-refractivity contribution >= 4 is 6.29 Å². The molecule has 3 nitrogen and oxygen atoms in total. The maximum absolute atomic E-state index is 9.95. The number of hydrogen-bond donors (Lipinski definition) is 2. The van der Waals surface area contributed by atoms with Crippen LogP contribution in [0.2, 0.25) is 0 Å². The Morgan fingerprint density at radius 2 is 1.85 bits per heavy atom. The molecule has 0 unspecified atom stereocenters. The molecule has 0 radical (unpaired) electrons. The standard InChI is InChI=1S/C10H10O3/c11-7-2-1-4-8-9(12)5-3-6-10(8)13/h1-3,5-7,12-13H,4H2/b2-1+. The van der Waals surface area contributed by atoms with Gasteiger partial charge in [0.05, 0.1) is 0 Å². The molecule has 0 amide bonds. The van der Waals surface area contributed by atoms with Gasteiger partial charge in [-0.3, -0.25) is 4.79 Å². The molecule has 0 fully saturated rings. The van der Waals surface area contributed by atoms with Crippen LogP contribution in [0.1, 0.15) is 5.56 Å². The minimum absolute atomic E-state index is 0.0375. The summed E-state index contributed by atoms with van der Waals surface area (Å²) in [5.41, 5.74) is 0.431. The number of allylic oxidation sites excluding steroid dienone is 2. The third-order valence-electron chi connectivity index (χ3n) is 1.66.